The van der Waals surface area contributed by atoms with Gasteiger partial charge in [0.25, 0.3) is 5.91 Å². The van der Waals surface area contributed by atoms with Gasteiger partial charge in [0.2, 0.25) is 0 Å². The normalized spacial score (nSPS) is 11.1. The van der Waals surface area contributed by atoms with E-state index in [1.54, 1.807) is 13.2 Å². The van der Waals surface area contributed by atoms with Crippen molar-refractivity contribution in [2.24, 2.45) is 0 Å². The fourth-order valence-electron chi connectivity index (χ4n) is 2.31. The number of carbonyl (C=O) groups is 1. The monoisotopic (exact) mass is 334 g/mol. The van der Waals surface area contributed by atoms with E-state index in [4.69, 9.17) is 4.74 Å². The minimum atomic E-state index is -0.383. The van der Waals surface area contributed by atoms with E-state index >= 15 is 0 Å². The summed E-state index contributed by atoms with van der Waals surface area (Å²) in [7, 11) is 1.61. The van der Waals surface area contributed by atoms with E-state index in [2.05, 4.69) is 19.2 Å². The Morgan fingerprint density at radius 3 is 2.32 bits per heavy atom. The number of methoxy groups -OCH3 is 1. The van der Waals surface area contributed by atoms with Crippen LogP contribution in [-0.2, 0) is 11.3 Å². The van der Waals surface area contributed by atoms with Gasteiger partial charge in [0.15, 0.2) is 0 Å². The molecule has 4 heteroatoms. The van der Waals surface area contributed by atoms with E-state index in [1.165, 1.54) is 5.56 Å². The molecule has 1 N–H and O–H groups in total. The van der Waals surface area contributed by atoms with Crippen LogP contribution in [0.4, 0.5) is 0 Å². The van der Waals surface area contributed by atoms with Crippen LogP contribution in [0, 0.1) is 11.3 Å². The lowest BCUT2D eigenvalue weighted by molar-refractivity contribution is -0.117. The van der Waals surface area contributed by atoms with Crippen LogP contribution in [0.1, 0.15) is 36.5 Å². The maximum atomic E-state index is 12.2. The van der Waals surface area contributed by atoms with Crippen molar-refractivity contribution in [3.63, 3.8) is 0 Å². The molecule has 0 fully saturated rings. The predicted molar refractivity (Wildman–Crippen MR) is 99.0 cm³/mol. The maximum Gasteiger partial charge on any atom is 0.262 e. The predicted octanol–water partition coefficient (Wildman–Crippen LogP) is 4.04. The first-order valence-corrected chi connectivity index (χ1v) is 8.16. The third-order valence-electron chi connectivity index (χ3n) is 3.89. The zero-order chi connectivity index (χ0) is 18.2. The summed E-state index contributed by atoms with van der Waals surface area (Å²) in [6.07, 6.45) is 1.60. The summed E-state index contributed by atoms with van der Waals surface area (Å²) in [5.74, 6) is 0.824. The second-order valence-electron chi connectivity index (χ2n) is 6.02. The highest BCUT2D eigenvalue weighted by molar-refractivity contribution is 6.01. The van der Waals surface area contributed by atoms with Gasteiger partial charge in [0, 0.05) is 6.54 Å². The van der Waals surface area contributed by atoms with E-state index in [0.29, 0.717) is 12.5 Å². The molecule has 0 saturated carbocycles. The van der Waals surface area contributed by atoms with Crippen molar-refractivity contribution >= 4 is 12.0 Å². The van der Waals surface area contributed by atoms with Crippen molar-refractivity contribution in [1.29, 1.82) is 5.26 Å². The highest BCUT2D eigenvalue weighted by Crippen LogP contribution is 2.16. The smallest absolute Gasteiger partial charge is 0.262 e. The third kappa shape index (κ3) is 5.22. The molecule has 0 unspecified atom stereocenters. The Morgan fingerprint density at radius 1 is 1.16 bits per heavy atom. The van der Waals surface area contributed by atoms with E-state index in [1.807, 2.05) is 54.6 Å². The number of amides is 1. The van der Waals surface area contributed by atoms with Gasteiger partial charge in [-0.3, -0.25) is 4.79 Å². The van der Waals surface area contributed by atoms with Gasteiger partial charge in [-0.15, -0.1) is 0 Å². The second-order valence-corrected chi connectivity index (χ2v) is 6.02. The number of benzene rings is 2. The SMILES string of the molecule is COc1ccc(CNC(=O)/C(C#N)=C\c2ccc(C(C)C)cc2)cc1. The fourth-order valence-corrected chi connectivity index (χ4v) is 2.31. The first-order valence-electron chi connectivity index (χ1n) is 8.16. The van der Waals surface area contributed by atoms with Crippen LogP contribution in [0.25, 0.3) is 6.08 Å². The van der Waals surface area contributed by atoms with Crippen LogP contribution in [-0.4, -0.2) is 13.0 Å². The fraction of sp³-hybridized carbons (Fsp3) is 0.238. The van der Waals surface area contributed by atoms with E-state index in [9.17, 15) is 10.1 Å². The van der Waals surface area contributed by atoms with Crippen LogP contribution in [0.15, 0.2) is 54.1 Å². The molecule has 0 aliphatic carbocycles. The van der Waals surface area contributed by atoms with E-state index in [-0.39, 0.29) is 11.5 Å². The van der Waals surface area contributed by atoms with E-state index < -0.39 is 0 Å². The molecule has 25 heavy (non-hydrogen) atoms. The Hall–Kier alpha value is -3.06. The van der Waals surface area contributed by atoms with Gasteiger partial charge in [-0.2, -0.15) is 5.26 Å². The summed E-state index contributed by atoms with van der Waals surface area (Å²) in [5.41, 5.74) is 3.08. The van der Waals surface area contributed by atoms with Crippen LogP contribution < -0.4 is 10.1 Å². The van der Waals surface area contributed by atoms with Gasteiger partial charge in [-0.05, 0) is 40.8 Å². The summed E-state index contributed by atoms with van der Waals surface area (Å²) < 4.78 is 5.10. The Labute approximate surface area is 148 Å². The molecule has 0 heterocycles. The lowest BCUT2D eigenvalue weighted by Gasteiger charge is -2.07. The Kier molecular flexibility index (Phi) is 6.36. The standard InChI is InChI=1S/C21H22N2O2/c1-15(2)18-8-4-16(5-9-18)12-19(13-22)21(24)23-14-17-6-10-20(25-3)11-7-17/h4-12,15H,14H2,1-3H3,(H,23,24)/b19-12-. The highest BCUT2D eigenvalue weighted by atomic mass is 16.5. The third-order valence-corrected chi connectivity index (χ3v) is 3.89. The zero-order valence-electron chi connectivity index (χ0n) is 14.7. The minimum Gasteiger partial charge on any atom is -0.497 e. The van der Waals surface area contributed by atoms with Gasteiger partial charge in [-0.25, -0.2) is 0 Å². The number of nitriles is 1. The number of rotatable bonds is 6. The molecule has 0 bridgehead atoms. The molecule has 0 saturated heterocycles. The second kappa shape index (κ2) is 8.70. The van der Waals surface area contributed by atoms with Gasteiger partial charge in [0.05, 0.1) is 7.11 Å². The van der Waals surface area contributed by atoms with Crippen molar-refractivity contribution in [2.75, 3.05) is 7.11 Å². The average Bonchev–Trinajstić information content (AvgIpc) is 2.64. The molecule has 2 aromatic rings. The molecule has 4 nitrogen and oxygen atoms in total. The van der Waals surface area contributed by atoms with Crippen molar-refractivity contribution in [3.8, 4) is 11.8 Å². The van der Waals surface area contributed by atoms with Gasteiger partial charge in [0.1, 0.15) is 17.4 Å². The summed E-state index contributed by atoms with van der Waals surface area (Å²) in [6.45, 7) is 4.60. The molecule has 0 aliphatic heterocycles. The Morgan fingerprint density at radius 2 is 1.80 bits per heavy atom. The van der Waals surface area contributed by atoms with Crippen LogP contribution in [0.2, 0.25) is 0 Å². The van der Waals surface area contributed by atoms with Crippen LogP contribution >= 0.6 is 0 Å². The maximum absolute atomic E-state index is 12.2. The van der Waals surface area contributed by atoms with Gasteiger partial charge in [-0.1, -0.05) is 50.2 Å². The first-order chi connectivity index (χ1) is 12.0. The molecule has 0 aromatic heterocycles. The van der Waals surface area contributed by atoms with Gasteiger partial charge < -0.3 is 10.1 Å². The molecule has 128 valence electrons. The summed E-state index contributed by atoms with van der Waals surface area (Å²) >= 11 is 0. The van der Waals surface area contributed by atoms with Crippen LogP contribution in [0.3, 0.4) is 0 Å². The van der Waals surface area contributed by atoms with Gasteiger partial charge >= 0.3 is 0 Å². The molecule has 0 spiro atoms. The molecular weight excluding hydrogens is 312 g/mol. The molecule has 0 aliphatic rings. The van der Waals surface area contributed by atoms with Crippen molar-refractivity contribution in [3.05, 3.63) is 70.8 Å². The minimum absolute atomic E-state index is 0.0887. The molecule has 0 radical (unpaired) electrons. The number of nitrogens with one attached hydrogen (secondary N) is 1. The lowest BCUT2D eigenvalue weighted by Crippen LogP contribution is -2.23. The first kappa shape index (κ1) is 18.3. The Balaban J connectivity index is 2.03. The molecule has 2 rings (SSSR count). The largest absolute Gasteiger partial charge is 0.497 e. The quantitative estimate of drug-likeness (QED) is 0.640. The van der Waals surface area contributed by atoms with Crippen molar-refractivity contribution < 1.29 is 9.53 Å². The number of nitrogens with zero attached hydrogens (tertiary/aromatic N) is 1. The zero-order valence-corrected chi connectivity index (χ0v) is 14.7. The molecule has 0 atom stereocenters. The summed E-state index contributed by atoms with van der Waals surface area (Å²) in [6, 6.07) is 17.3. The average molecular weight is 334 g/mol. The number of carbonyl (C=O) groups excluding carboxylic acids is 1. The van der Waals surface area contributed by atoms with Crippen LogP contribution in [0.5, 0.6) is 5.75 Å². The number of hydrogen-bond donors (Lipinski definition) is 1. The van der Waals surface area contributed by atoms with E-state index in [0.717, 1.165) is 16.9 Å². The molecular formula is C21H22N2O2. The van der Waals surface area contributed by atoms with Crippen molar-refractivity contribution in [1.82, 2.24) is 5.32 Å². The Bertz CT molecular complexity index is 782. The molecule has 2 aromatic carbocycles. The molecule has 1 amide bonds. The summed E-state index contributed by atoms with van der Waals surface area (Å²) in [5, 5.41) is 12.0. The topological polar surface area (TPSA) is 62.1 Å². The highest BCUT2D eigenvalue weighted by Gasteiger charge is 2.09. The number of ether oxygens (including phenoxy) is 1. The lowest BCUT2D eigenvalue weighted by atomic mass is 10.0. The summed E-state index contributed by atoms with van der Waals surface area (Å²) in [4.78, 5) is 12.2. The van der Waals surface area contributed by atoms with Crippen molar-refractivity contribution in [2.45, 2.75) is 26.3 Å². The number of hydrogen-bond acceptors (Lipinski definition) is 3.